The minimum atomic E-state index is -0.104. The van der Waals surface area contributed by atoms with Crippen LogP contribution in [0.1, 0.15) is 0 Å². The molecule has 0 aromatic carbocycles. The van der Waals surface area contributed by atoms with Gasteiger partial charge in [-0.1, -0.05) is 12.7 Å². The second-order valence-corrected chi connectivity index (χ2v) is 2.19. The molecule has 0 fully saturated rings. The van der Waals surface area contributed by atoms with Crippen LogP contribution in [0.25, 0.3) is 0 Å². The van der Waals surface area contributed by atoms with E-state index in [4.69, 9.17) is 17.2 Å². The molecule has 0 rings (SSSR count). The predicted octanol–water partition coefficient (Wildman–Crippen LogP) is -0.669. The van der Waals surface area contributed by atoms with Gasteiger partial charge in [-0.2, -0.15) is 0 Å². The Hall–Kier alpha value is -2.44. The lowest BCUT2D eigenvalue weighted by Gasteiger charge is -1.94. The molecule has 0 aromatic heterocycles. The van der Waals surface area contributed by atoms with Crippen LogP contribution in [0.2, 0.25) is 0 Å². The molecule has 0 saturated heterocycles. The first kappa shape index (κ1) is 12.6. The van der Waals surface area contributed by atoms with Gasteiger partial charge in [0.1, 0.15) is 0 Å². The van der Waals surface area contributed by atoms with E-state index in [0.29, 0.717) is 0 Å². The van der Waals surface area contributed by atoms with Crippen molar-refractivity contribution in [3.8, 4) is 0 Å². The Bertz CT molecular complexity index is 348. The molecule has 0 heterocycles. The molecular formula is C8H13N7. The van der Waals surface area contributed by atoms with Crippen molar-refractivity contribution < 1.29 is 0 Å². The lowest BCUT2D eigenvalue weighted by molar-refractivity contribution is 1.20. The van der Waals surface area contributed by atoms with Crippen molar-refractivity contribution in [2.24, 2.45) is 37.4 Å². The van der Waals surface area contributed by atoms with E-state index in [1.165, 1.54) is 6.20 Å². The molecule has 6 N–H and O–H groups in total. The zero-order chi connectivity index (χ0) is 11.7. The quantitative estimate of drug-likeness (QED) is 0.246. The van der Waals surface area contributed by atoms with E-state index in [1.54, 1.807) is 12.2 Å². The average molecular weight is 207 g/mol. The molecule has 0 atom stereocenters. The van der Waals surface area contributed by atoms with E-state index in [0.717, 1.165) is 0 Å². The van der Waals surface area contributed by atoms with E-state index in [9.17, 15) is 0 Å². The van der Waals surface area contributed by atoms with Crippen molar-refractivity contribution in [1.82, 2.24) is 0 Å². The van der Waals surface area contributed by atoms with Crippen LogP contribution in [0.5, 0.6) is 0 Å². The Balaban J connectivity index is 4.63. The first-order valence-corrected chi connectivity index (χ1v) is 3.86. The zero-order valence-corrected chi connectivity index (χ0v) is 8.17. The predicted molar refractivity (Wildman–Crippen MR) is 63.8 cm³/mol. The lowest BCUT2D eigenvalue weighted by atomic mass is 10.5. The van der Waals surface area contributed by atoms with Gasteiger partial charge in [-0.25, -0.2) is 9.98 Å². The second kappa shape index (κ2) is 7.01. The largest absolute Gasteiger partial charge is 0.381 e. The molecule has 0 saturated carbocycles. The molecule has 0 aliphatic heterocycles. The van der Waals surface area contributed by atoms with E-state index >= 15 is 0 Å². The number of rotatable bonds is 3. The summed E-state index contributed by atoms with van der Waals surface area (Å²) in [5.74, 6) is -0.142. The number of hydrogen-bond donors (Lipinski definition) is 3. The van der Waals surface area contributed by atoms with Crippen LogP contribution in [-0.4, -0.2) is 24.3 Å². The normalized spacial score (nSPS) is 14.3. The third-order valence-electron chi connectivity index (χ3n) is 1.12. The minimum absolute atomic E-state index is 0.0220. The van der Waals surface area contributed by atoms with Crippen molar-refractivity contribution in [2.75, 3.05) is 0 Å². The average Bonchev–Trinajstić information content (AvgIpc) is 2.25. The summed E-state index contributed by atoms with van der Waals surface area (Å²) in [4.78, 5) is 7.05. The topological polar surface area (TPSA) is 127 Å². The van der Waals surface area contributed by atoms with E-state index in [-0.39, 0.29) is 17.6 Å². The Labute approximate surface area is 87.5 Å². The standard InChI is InChI=1S/C8H13N7/c1-3-4-5-13-6(9)7(10)14-15-8(11)12-2/h3-5H,1-2H2,(H2,9,13)(H2,10,14)(H2,11,15)/b5-4-. The van der Waals surface area contributed by atoms with E-state index < -0.39 is 0 Å². The summed E-state index contributed by atoms with van der Waals surface area (Å²) in [5, 5.41) is 6.90. The van der Waals surface area contributed by atoms with Gasteiger partial charge >= 0.3 is 0 Å². The highest BCUT2D eigenvalue weighted by Gasteiger charge is 1.96. The van der Waals surface area contributed by atoms with Gasteiger partial charge in [-0.3, -0.25) is 0 Å². The molecule has 0 unspecified atom stereocenters. The van der Waals surface area contributed by atoms with Crippen LogP contribution in [-0.2, 0) is 0 Å². The van der Waals surface area contributed by atoms with Crippen molar-refractivity contribution in [3.05, 3.63) is 24.9 Å². The molecule has 80 valence electrons. The van der Waals surface area contributed by atoms with Gasteiger partial charge in [0.25, 0.3) is 0 Å². The molecule has 0 spiro atoms. The van der Waals surface area contributed by atoms with Crippen LogP contribution in [0.4, 0.5) is 0 Å². The monoisotopic (exact) mass is 207 g/mol. The van der Waals surface area contributed by atoms with Gasteiger partial charge in [0, 0.05) is 6.20 Å². The highest BCUT2D eigenvalue weighted by Crippen LogP contribution is 1.80. The molecule has 0 aromatic rings. The molecule has 0 bridgehead atoms. The summed E-state index contributed by atoms with van der Waals surface area (Å²) >= 11 is 0. The molecule has 7 heteroatoms. The van der Waals surface area contributed by atoms with Crippen LogP contribution < -0.4 is 17.2 Å². The lowest BCUT2D eigenvalue weighted by Crippen LogP contribution is -2.31. The molecule has 0 radical (unpaired) electrons. The van der Waals surface area contributed by atoms with Crippen LogP contribution in [0.3, 0.4) is 0 Å². The first-order valence-electron chi connectivity index (χ1n) is 3.86. The number of hydrogen-bond acceptors (Lipinski definition) is 3. The number of guanidine groups is 1. The Morgan fingerprint density at radius 2 is 1.73 bits per heavy atom. The maximum absolute atomic E-state index is 5.44. The van der Waals surface area contributed by atoms with Crippen LogP contribution in [0, 0.1) is 0 Å². The number of aliphatic imine (C=N–C) groups is 2. The van der Waals surface area contributed by atoms with Crippen molar-refractivity contribution in [2.45, 2.75) is 0 Å². The summed E-state index contributed by atoms with van der Waals surface area (Å²) in [5.41, 5.74) is 16.0. The van der Waals surface area contributed by atoms with Crippen LogP contribution >= 0.6 is 0 Å². The summed E-state index contributed by atoms with van der Waals surface area (Å²) in [6.07, 6.45) is 4.55. The zero-order valence-electron chi connectivity index (χ0n) is 8.17. The Morgan fingerprint density at radius 1 is 1.07 bits per heavy atom. The van der Waals surface area contributed by atoms with E-state index in [1.807, 2.05) is 0 Å². The van der Waals surface area contributed by atoms with E-state index in [2.05, 4.69) is 33.5 Å². The molecule has 0 aliphatic rings. The summed E-state index contributed by atoms with van der Waals surface area (Å²) in [6.45, 7) is 6.60. The van der Waals surface area contributed by atoms with Gasteiger partial charge in [-0.15, -0.1) is 10.2 Å². The Kier molecular flexibility index (Phi) is 5.87. The highest BCUT2D eigenvalue weighted by atomic mass is 15.3. The SMILES string of the molecule is C=C\C=C/N=C(N)/C(N)=N/N=C(/N)N=C. The molecule has 0 amide bonds. The highest BCUT2D eigenvalue weighted by molar-refractivity contribution is 6.39. The first-order chi connectivity index (χ1) is 7.11. The maximum atomic E-state index is 5.44. The maximum Gasteiger partial charge on any atom is 0.239 e. The third-order valence-corrected chi connectivity index (χ3v) is 1.12. The molecule has 0 aliphatic carbocycles. The van der Waals surface area contributed by atoms with Gasteiger partial charge in [-0.05, 0) is 12.8 Å². The summed E-state index contributed by atoms with van der Waals surface area (Å²) < 4.78 is 0. The number of nitrogens with zero attached hydrogens (tertiary/aromatic N) is 4. The van der Waals surface area contributed by atoms with Crippen LogP contribution in [0.15, 0.2) is 45.1 Å². The summed E-state index contributed by atoms with van der Waals surface area (Å²) in [7, 11) is 0. The van der Waals surface area contributed by atoms with Crippen molar-refractivity contribution >= 4 is 24.3 Å². The smallest absolute Gasteiger partial charge is 0.239 e. The number of allylic oxidation sites excluding steroid dienone is 2. The molecule has 7 nitrogen and oxygen atoms in total. The minimum Gasteiger partial charge on any atom is -0.381 e. The summed E-state index contributed by atoms with van der Waals surface area (Å²) in [6, 6.07) is 0. The van der Waals surface area contributed by atoms with Gasteiger partial charge in [0.15, 0.2) is 11.7 Å². The molecule has 15 heavy (non-hydrogen) atoms. The van der Waals surface area contributed by atoms with Gasteiger partial charge in [0.05, 0.1) is 0 Å². The fourth-order valence-electron chi connectivity index (χ4n) is 0.438. The van der Waals surface area contributed by atoms with Gasteiger partial charge in [0.2, 0.25) is 5.96 Å². The number of nitrogens with two attached hydrogens (primary N) is 3. The molecular weight excluding hydrogens is 194 g/mol. The third kappa shape index (κ3) is 5.75. The Morgan fingerprint density at radius 3 is 2.27 bits per heavy atom. The fraction of sp³-hybridized carbons (Fsp3) is 0. The van der Waals surface area contributed by atoms with Crippen molar-refractivity contribution in [1.29, 1.82) is 0 Å². The fourth-order valence-corrected chi connectivity index (χ4v) is 0.438. The van der Waals surface area contributed by atoms with Crippen molar-refractivity contribution in [3.63, 3.8) is 0 Å². The number of amidine groups is 2. The van der Waals surface area contributed by atoms with Gasteiger partial charge < -0.3 is 17.2 Å². The second-order valence-electron chi connectivity index (χ2n) is 2.19.